The summed E-state index contributed by atoms with van der Waals surface area (Å²) in [6.07, 6.45) is 40.1. The van der Waals surface area contributed by atoms with E-state index in [9.17, 15) is 20.1 Å². The van der Waals surface area contributed by atoms with Crippen molar-refractivity contribution in [3.8, 4) is 0 Å². The summed E-state index contributed by atoms with van der Waals surface area (Å²) < 4.78 is 0. The molecule has 252 valence electrons. The van der Waals surface area contributed by atoms with E-state index in [-0.39, 0.29) is 6.61 Å². The van der Waals surface area contributed by atoms with Gasteiger partial charge in [-0.25, -0.2) is 0 Å². The molecule has 0 fully saturated rings. The second-order valence-corrected chi connectivity index (χ2v) is 12.4. The van der Waals surface area contributed by atoms with E-state index in [1.54, 1.807) is 6.08 Å². The first-order valence-corrected chi connectivity index (χ1v) is 18.3. The van der Waals surface area contributed by atoms with Crippen LogP contribution in [0.25, 0.3) is 0 Å². The van der Waals surface area contributed by atoms with Gasteiger partial charge in [-0.05, 0) is 57.8 Å². The molecule has 5 nitrogen and oxygen atoms in total. The molecular weight excluding hydrogens is 534 g/mol. The maximum atomic E-state index is 12.4. The Morgan fingerprint density at radius 1 is 0.558 bits per heavy atom. The van der Waals surface area contributed by atoms with Gasteiger partial charge < -0.3 is 20.6 Å². The zero-order valence-electron chi connectivity index (χ0n) is 28.3. The second kappa shape index (κ2) is 33.5. The van der Waals surface area contributed by atoms with E-state index < -0.39 is 24.2 Å². The van der Waals surface area contributed by atoms with Crippen molar-refractivity contribution < 1.29 is 20.1 Å². The topological polar surface area (TPSA) is 89.8 Å². The van der Waals surface area contributed by atoms with Gasteiger partial charge in [-0.1, -0.05) is 153 Å². The fraction of sp³-hybridized carbons (Fsp3) is 0.816. The molecule has 0 aliphatic heterocycles. The minimum absolute atomic E-state index is 0.378. The van der Waals surface area contributed by atoms with E-state index in [1.807, 2.05) is 6.08 Å². The summed E-state index contributed by atoms with van der Waals surface area (Å²) in [4.78, 5) is 12.4. The Labute approximate surface area is 266 Å². The summed E-state index contributed by atoms with van der Waals surface area (Å²) in [6, 6.07) is -0.814. The fourth-order valence-corrected chi connectivity index (χ4v) is 5.25. The lowest BCUT2D eigenvalue weighted by molar-refractivity contribution is -0.131. The average molecular weight is 606 g/mol. The number of carbonyl (C=O) groups is 1. The zero-order valence-corrected chi connectivity index (χ0v) is 28.3. The minimum Gasteiger partial charge on any atom is -0.394 e. The van der Waals surface area contributed by atoms with E-state index >= 15 is 0 Å². The van der Waals surface area contributed by atoms with Gasteiger partial charge in [0.15, 0.2) is 0 Å². The highest BCUT2D eigenvalue weighted by atomic mass is 16.3. The van der Waals surface area contributed by atoms with Crippen molar-refractivity contribution >= 4 is 5.91 Å². The highest BCUT2D eigenvalue weighted by molar-refractivity contribution is 5.80. The standard InChI is InChI=1S/C38H71NO4/c1-3-5-7-9-11-13-15-17-18-19-21-23-25-27-29-31-33-37(42)38(43)39-35(34-40)36(41)32-30-28-26-24-22-20-16-14-12-10-8-6-4-2/h17-18,22,24,30,32,35-37,40-42H,3-16,19-21,23,25-29,31,33-34H2,1-2H3,(H,39,43)/b18-17-,24-22+,32-30+. The van der Waals surface area contributed by atoms with Gasteiger partial charge >= 0.3 is 0 Å². The number of aliphatic hydroxyl groups is 3. The van der Waals surface area contributed by atoms with Crippen LogP contribution in [0.15, 0.2) is 36.5 Å². The van der Waals surface area contributed by atoms with Crippen LogP contribution in [-0.2, 0) is 4.79 Å². The number of hydrogen-bond acceptors (Lipinski definition) is 4. The largest absolute Gasteiger partial charge is 0.394 e. The molecule has 3 atom stereocenters. The molecule has 0 aromatic carbocycles. The monoisotopic (exact) mass is 606 g/mol. The fourth-order valence-electron chi connectivity index (χ4n) is 5.25. The van der Waals surface area contributed by atoms with E-state index in [0.29, 0.717) is 6.42 Å². The normalized spacial score (nSPS) is 14.3. The molecule has 0 saturated heterocycles. The summed E-state index contributed by atoms with van der Waals surface area (Å²) in [5.41, 5.74) is 0. The molecule has 0 aliphatic rings. The van der Waals surface area contributed by atoms with Gasteiger partial charge in [0.25, 0.3) is 0 Å². The highest BCUT2D eigenvalue weighted by Gasteiger charge is 2.22. The molecule has 0 saturated carbocycles. The van der Waals surface area contributed by atoms with Crippen LogP contribution in [0.4, 0.5) is 0 Å². The molecule has 0 bridgehead atoms. The van der Waals surface area contributed by atoms with Crippen LogP contribution in [0.3, 0.4) is 0 Å². The van der Waals surface area contributed by atoms with Crippen LogP contribution in [0.5, 0.6) is 0 Å². The minimum atomic E-state index is -1.11. The van der Waals surface area contributed by atoms with Crippen LogP contribution < -0.4 is 5.32 Å². The molecule has 0 aromatic heterocycles. The van der Waals surface area contributed by atoms with E-state index in [0.717, 1.165) is 44.9 Å². The van der Waals surface area contributed by atoms with Crippen LogP contribution in [0.1, 0.15) is 174 Å². The molecule has 0 radical (unpaired) electrons. The van der Waals surface area contributed by atoms with E-state index in [4.69, 9.17) is 0 Å². The van der Waals surface area contributed by atoms with E-state index in [2.05, 4.69) is 43.5 Å². The van der Waals surface area contributed by atoms with Crippen molar-refractivity contribution in [3.63, 3.8) is 0 Å². The Kier molecular flexibility index (Phi) is 32.3. The van der Waals surface area contributed by atoms with Crippen molar-refractivity contribution in [2.45, 2.75) is 193 Å². The van der Waals surface area contributed by atoms with Gasteiger partial charge in [-0.3, -0.25) is 4.79 Å². The van der Waals surface area contributed by atoms with Gasteiger partial charge in [0.05, 0.1) is 18.8 Å². The lowest BCUT2D eigenvalue weighted by Crippen LogP contribution is -2.48. The quantitative estimate of drug-likeness (QED) is 0.0454. The maximum absolute atomic E-state index is 12.4. The SMILES string of the molecule is CCCCCCCC/C=C\CCCCCCCCC(O)C(=O)NC(CO)C(O)/C=C/CC/C=C/CCCCCCCCC. The number of unbranched alkanes of at least 4 members (excludes halogenated alkanes) is 20. The summed E-state index contributed by atoms with van der Waals surface area (Å²) in [6.45, 7) is 4.13. The molecule has 0 rings (SSSR count). The van der Waals surface area contributed by atoms with Crippen LogP contribution >= 0.6 is 0 Å². The molecule has 0 aliphatic carbocycles. The number of nitrogens with one attached hydrogen (secondary N) is 1. The summed E-state index contributed by atoms with van der Waals surface area (Å²) in [5.74, 6) is -0.521. The third-order valence-electron chi connectivity index (χ3n) is 8.20. The summed E-state index contributed by atoms with van der Waals surface area (Å²) >= 11 is 0. The lowest BCUT2D eigenvalue weighted by atomic mass is 10.0. The first-order valence-electron chi connectivity index (χ1n) is 18.3. The number of rotatable bonds is 32. The van der Waals surface area contributed by atoms with E-state index in [1.165, 1.54) is 109 Å². The lowest BCUT2D eigenvalue weighted by Gasteiger charge is -2.21. The molecule has 1 amide bonds. The second-order valence-electron chi connectivity index (χ2n) is 12.4. The molecule has 5 heteroatoms. The zero-order chi connectivity index (χ0) is 31.6. The molecule has 4 N–H and O–H groups in total. The Hall–Kier alpha value is -1.43. The number of amides is 1. The van der Waals surface area contributed by atoms with Crippen molar-refractivity contribution in [2.75, 3.05) is 6.61 Å². The van der Waals surface area contributed by atoms with Crippen molar-refractivity contribution in [1.82, 2.24) is 5.32 Å². The number of carbonyl (C=O) groups excluding carboxylic acids is 1. The third-order valence-corrected chi connectivity index (χ3v) is 8.20. The third kappa shape index (κ3) is 29.1. The van der Waals surface area contributed by atoms with Crippen molar-refractivity contribution in [2.24, 2.45) is 0 Å². The Bertz CT molecular complexity index is 675. The predicted octanol–water partition coefficient (Wildman–Crippen LogP) is 9.65. The van der Waals surface area contributed by atoms with Gasteiger partial charge in [0.1, 0.15) is 6.10 Å². The molecule has 43 heavy (non-hydrogen) atoms. The van der Waals surface area contributed by atoms with Gasteiger partial charge in [-0.2, -0.15) is 0 Å². The van der Waals surface area contributed by atoms with Crippen LogP contribution in [0.2, 0.25) is 0 Å². The molecule has 0 heterocycles. The number of hydrogen-bond donors (Lipinski definition) is 4. The Morgan fingerprint density at radius 2 is 0.953 bits per heavy atom. The average Bonchev–Trinajstić information content (AvgIpc) is 3.01. The van der Waals surface area contributed by atoms with Crippen LogP contribution in [0, 0.1) is 0 Å². The Balaban J connectivity index is 3.81. The Morgan fingerprint density at radius 3 is 1.42 bits per heavy atom. The van der Waals surface area contributed by atoms with Gasteiger partial charge in [-0.15, -0.1) is 0 Å². The maximum Gasteiger partial charge on any atom is 0.249 e. The number of allylic oxidation sites excluding steroid dienone is 5. The van der Waals surface area contributed by atoms with Crippen molar-refractivity contribution in [3.05, 3.63) is 36.5 Å². The summed E-state index contributed by atoms with van der Waals surface area (Å²) in [7, 11) is 0. The van der Waals surface area contributed by atoms with Gasteiger partial charge in [0, 0.05) is 0 Å². The highest BCUT2D eigenvalue weighted by Crippen LogP contribution is 2.12. The molecular formula is C38H71NO4. The molecule has 0 aromatic rings. The van der Waals surface area contributed by atoms with Gasteiger partial charge in [0.2, 0.25) is 5.91 Å². The number of aliphatic hydroxyl groups excluding tert-OH is 3. The smallest absolute Gasteiger partial charge is 0.249 e. The summed E-state index contributed by atoms with van der Waals surface area (Å²) in [5, 5.41) is 32.9. The predicted molar refractivity (Wildman–Crippen MR) is 185 cm³/mol. The first-order chi connectivity index (χ1) is 21.1. The van der Waals surface area contributed by atoms with Crippen LogP contribution in [-0.4, -0.2) is 46.1 Å². The first kappa shape index (κ1) is 41.6. The molecule has 0 spiro atoms. The van der Waals surface area contributed by atoms with Crippen molar-refractivity contribution in [1.29, 1.82) is 0 Å². The molecule has 3 unspecified atom stereocenters.